The molecular formula is C50H35N3. The number of fused-ring (bicyclic) bond motifs is 7. The normalized spacial score (nSPS) is 12.2. The summed E-state index contributed by atoms with van der Waals surface area (Å²) < 4.78 is 0. The van der Waals surface area contributed by atoms with Gasteiger partial charge in [-0.2, -0.15) is 0 Å². The fourth-order valence-corrected chi connectivity index (χ4v) is 7.32. The van der Waals surface area contributed by atoms with Gasteiger partial charge >= 0.3 is 0 Å². The molecule has 0 aliphatic heterocycles. The Hall–Kier alpha value is -7.10. The highest BCUT2D eigenvalue weighted by atomic mass is 14.8. The molecule has 9 rings (SSSR count). The zero-order valence-corrected chi connectivity index (χ0v) is 29.1. The number of aromatic nitrogens is 1. The smallest absolute Gasteiger partial charge is 0.0729 e. The summed E-state index contributed by atoms with van der Waals surface area (Å²) in [6, 6.07) is 59.6. The van der Waals surface area contributed by atoms with Crippen LogP contribution in [0.4, 0.5) is 0 Å². The summed E-state index contributed by atoms with van der Waals surface area (Å²) in [6.45, 7) is 4.50. The fourth-order valence-electron chi connectivity index (χ4n) is 7.32. The third kappa shape index (κ3) is 6.15. The summed E-state index contributed by atoms with van der Waals surface area (Å²) in [4.78, 5) is 9.52. The first-order valence-corrected chi connectivity index (χ1v) is 17.8. The molecule has 9 aromatic rings. The van der Waals surface area contributed by atoms with Crippen LogP contribution in [0.3, 0.4) is 0 Å². The predicted molar refractivity (Wildman–Crippen MR) is 226 cm³/mol. The van der Waals surface area contributed by atoms with Crippen LogP contribution in [0.25, 0.3) is 76.7 Å². The Labute approximate surface area is 308 Å². The Morgan fingerprint density at radius 3 is 1.79 bits per heavy atom. The van der Waals surface area contributed by atoms with E-state index in [1.165, 1.54) is 43.1 Å². The highest BCUT2D eigenvalue weighted by Crippen LogP contribution is 2.36. The molecule has 0 amide bonds. The van der Waals surface area contributed by atoms with Gasteiger partial charge in [-0.05, 0) is 95.7 Å². The molecule has 0 unspecified atom stereocenters. The van der Waals surface area contributed by atoms with E-state index in [1.807, 2.05) is 30.5 Å². The maximum atomic E-state index is 6.89. The van der Waals surface area contributed by atoms with Gasteiger partial charge < -0.3 is 5.73 Å². The van der Waals surface area contributed by atoms with E-state index >= 15 is 0 Å². The van der Waals surface area contributed by atoms with Crippen molar-refractivity contribution in [2.75, 3.05) is 0 Å². The van der Waals surface area contributed by atoms with Crippen LogP contribution in [0, 0.1) is 0 Å². The van der Waals surface area contributed by atoms with Crippen LogP contribution in [0.15, 0.2) is 200 Å². The second kappa shape index (κ2) is 13.6. The maximum Gasteiger partial charge on any atom is 0.0729 e. The van der Waals surface area contributed by atoms with E-state index in [0.717, 1.165) is 44.7 Å². The van der Waals surface area contributed by atoms with Crippen molar-refractivity contribution in [2.24, 2.45) is 10.7 Å². The number of hydrogen-bond donors (Lipinski definition) is 1. The fraction of sp³-hybridized carbons (Fsp3) is 0. The zero-order valence-electron chi connectivity index (χ0n) is 29.1. The lowest BCUT2D eigenvalue weighted by Gasteiger charge is -2.13. The molecule has 0 atom stereocenters. The maximum absolute atomic E-state index is 6.89. The van der Waals surface area contributed by atoms with Gasteiger partial charge in [-0.15, -0.1) is 0 Å². The Balaban J connectivity index is 1.14. The predicted octanol–water partition coefficient (Wildman–Crippen LogP) is 12.5. The second-order valence-corrected chi connectivity index (χ2v) is 13.4. The first-order chi connectivity index (χ1) is 26.1. The van der Waals surface area contributed by atoms with E-state index in [4.69, 9.17) is 10.7 Å². The number of aliphatic imine (C=N–C) groups is 1. The van der Waals surface area contributed by atoms with Gasteiger partial charge in [0.05, 0.1) is 11.4 Å². The zero-order chi connectivity index (χ0) is 35.7. The Kier molecular flexibility index (Phi) is 8.15. The van der Waals surface area contributed by atoms with Crippen LogP contribution in [-0.2, 0) is 0 Å². The van der Waals surface area contributed by atoms with Crippen LogP contribution >= 0.6 is 0 Å². The van der Waals surface area contributed by atoms with Crippen LogP contribution in [0.2, 0.25) is 0 Å². The van der Waals surface area contributed by atoms with Crippen molar-refractivity contribution in [3.8, 4) is 22.3 Å². The van der Waals surface area contributed by atoms with E-state index < -0.39 is 0 Å². The number of benzene rings is 8. The number of allylic oxidation sites excluding steroid dienone is 1. The number of nitrogens with zero attached hydrogens (tertiary/aromatic N) is 2. The molecule has 0 aliphatic rings. The monoisotopic (exact) mass is 677 g/mol. The standard InChI is InChI=1S/C50H35N3/c1-33(37-25-26-47-45-17-5-4-15-43(45)44-16-6-7-18-46(44)48(47)30-37)53-50(31-49(51)41-13-8-12-39(29-41)42-14-9-27-52-32-42)36-22-19-35(20-23-36)40-24-21-34-10-2-3-11-38(34)28-40/h2-32H,1,51H2/b49-31-,53-50?. The molecule has 2 N–H and O–H groups in total. The summed E-state index contributed by atoms with van der Waals surface area (Å²) in [5, 5.41) is 9.76. The third-order valence-corrected chi connectivity index (χ3v) is 10.1. The van der Waals surface area contributed by atoms with Crippen molar-refractivity contribution in [3.63, 3.8) is 0 Å². The lowest BCUT2D eigenvalue weighted by atomic mass is 9.93. The molecule has 1 heterocycles. The molecule has 0 saturated heterocycles. The molecule has 0 aliphatic carbocycles. The number of nitrogens with two attached hydrogens (primary N) is 1. The summed E-state index contributed by atoms with van der Waals surface area (Å²) in [7, 11) is 0. The highest BCUT2D eigenvalue weighted by molar-refractivity contribution is 6.25. The Morgan fingerprint density at radius 2 is 1.08 bits per heavy atom. The average Bonchev–Trinajstić information content (AvgIpc) is 3.23. The van der Waals surface area contributed by atoms with E-state index in [2.05, 4.69) is 163 Å². The first-order valence-electron chi connectivity index (χ1n) is 17.8. The van der Waals surface area contributed by atoms with Gasteiger partial charge in [-0.3, -0.25) is 4.98 Å². The van der Waals surface area contributed by atoms with Gasteiger partial charge in [0.15, 0.2) is 0 Å². The summed E-state index contributed by atoms with van der Waals surface area (Å²) in [5.74, 6) is 0. The number of hydrogen-bond acceptors (Lipinski definition) is 3. The SMILES string of the molecule is C=C(N=C(/C=C(\N)c1cccc(-c2cccnc2)c1)c1ccc(-c2ccc3ccccc3c2)cc1)c1ccc2c3ccccc3c3ccccc3c2c1. The van der Waals surface area contributed by atoms with Gasteiger partial charge in [-0.1, -0.05) is 152 Å². The minimum absolute atomic E-state index is 0.608. The number of rotatable bonds is 7. The molecule has 0 spiro atoms. The Morgan fingerprint density at radius 1 is 0.472 bits per heavy atom. The van der Waals surface area contributed by atoms with E-state index in [1.54, 1.807) is 6.20 Å². The van der Waals surface area contributed by atoms with Crippen LogP contribution < -0.4 is 5.73 Å². The lowest BCUT2D eigenvalue weighted by Crippen LogP contribution is -2.04. The van der Waals surface area contributed by atoms with Crippen molar-refractivity contribution in [1.82, 2.24) is 4.98 Å². The van der Waals surface area contributed by atoms with Gasteiger partial charge in [0.2, 0.25) is 0 Å². The van der Waals surface area contributed by atoms with E-state index in [9.17, 15) is 0 Å². The van der Waals surface area contributed by atoms with Crippen LogP contribution in [0.5, 0.6) is 0 Å². The van der Waals surface area contributed by atoms with Gasteiger partial charge in [0.1, 0.15) is 0 Å². The Bertz CT molecular complexity index is 2870. The van der Waals surface area contributed by atoms with Crippen molar-refractivity contribution in [2.45, 2.75) is 0 Å². The van der Waals surface area contributed by atoms with Gasteiger partial charge in [0.25, 0.3) is 0 Å². The highest BCUT2D eigenvalue weighted by Gasteiger charge is 2.12. The quantitative estimate of drug-likeness (QED) is 0.135. The second-order valence-electron chi connectivity index (χ2n) is 13.4. The molecule has 8 aromatic carbocycles. The topological polar surface area (TPSA) is 51.3 Å². The average molecular weight is 678 g/mol. The lowest BCUT2D eigenvalue weighted by molar-refractivity contribution is 1.33. The molecular weight excluding hydrogens is 643 g/mol. The minimum atomic E-state index is 0.608. The van der Waals surface area contributed by atoms with Crippen LogP contribution in [-0.4, -0.2) is 10.7 Å². The first kappa shape index (κ1) is 31.9. The molecule has 0 radical (unpaired) electrons. The van der Waals surface area contributed by atoms with E-state index in [-0.39, 0.29) is 0 Å². The molecule has 53 heavy (non-hydrogen) atoms. The van der Waals surface area contributed by atoms with Gasteiger partial charge in [-0.25, -0.2) is 4.99 Å². The van der Waals surface area contributed by atoms with Crippen molar-refractivity contribution in [3.05, 3.63) is 212 Å². The minimum Gasteiger partial charge on any atom is -0.398 e. The van der Waals surface area contributed by atoms with Crippen molar-refractivity contribution >= 4 is 60.2 Å². The molecule has 1 aromatic heterocycles. The molecule has 0 fully saturated rings. The van der Waals surface area contributed by atoms with E-state index in [0.29, 0.717) is 11.4 Å². The summed E-state index contributed by atoms with van der Waals surface area (Å²) >= 11 is 0. The summed E-state index contributed by atoms with van der Waals surface area (Å²) in [6.07, 6.45) is 5.60. The molecule has 3 nitrogen and oxygen atoms in total. The molecule has 250 valence electrons. The van der Waals surface area contributed by atoms with Crippen molar-refractivity contribution in [1.29, 1.82) is 0 Å². The van der Waals surface area contributed by atoms with Crippen LogP contribution in [0.1, 0.15) is 16.7 Å². The van der Waals surface area contributed by atoms with Gasteiger partial charge in [0, 0.05) is 34.8 Å². The van der Waals surface area contributed by atoms with Crippen molar-refractivity contribution < 1.29 is 0 Å². The largest absolute Gasteiger partial charge is 0.398 e. The molecule has 0 bridgehead atoms. The third-order valence-electron chi connectivity index (χ3n) is 10.1. The summed E-state index contributed by atoms with van der Waals surface area (Å²) in [5.41, 5.74) is 16.1. The molecule has 0 saturated carbocycles. The molecule has 3 heteroatoms. The number of pyridine rings is 1.